The zero-order valence-electron chi connectivity index (χ0n) is 9.02. The quantitative estimate of drug-likeness (QED) is 0.677. The van der Waals surface area contributed by atoms with Gasteiger partial charge in [-0.3, -0.25) is 0 Å². The predicted molar refractivity (Wildman–Crippen MR) is 53.2 cm³/mol. The van der Waals surface area contributed by atoms with Crippen LogP contribution < -0.4 is 5.32 Å². The van der Waals surface area contributed by atoms with Crippen LogP contribution >= 0.6 is 0 Å². The maximum atomic E-state index is 9.03. The fourth-order valence-electron chi connectivity index (χ4n) is 0.948. The van der Waals surface area contributed by atoms with Gasteiger partial charge >= 0.3 is 0 Å². The SMILES string of the molecule is CC(C)C(CO)NCC(C)(C)C. The molecular weight excluding hydrogens is 150 g/mol. The Morgan fingerprint density at radius 2 is 1.75 bits per heavy atom. The van der Waals surface area contributed by atoms with Gasteiger partial charge in [0.15, 0.2) is 0 Å². The summed E-state index contributed by atoms with van der Waals surface area (Å²) in [5, 5.41) is 12.4. The smallest absolute Gasteiger partial charge is 0.0587 e. The Bertz CT molecular complexity index is 115. The summed E-state index contributed by atoms with van der Waals surface area (Å²) in [6.07, 6.45) is 0. The summed E-state index contributed by atoms with van der Waals surface area (Å²) in [6.45, 7) is 12.0. The summed E-state index contributed by atoms with van der Waals surface area (Å²) in [6, 6.07) is 0.240. The van der Waals surface area contributed by atoms with E-state index in [9.17, 15) is 0 Å². The van der Waals surface area contributed by atoms with Gasteiger partial charge in [-0.25, -0.2) is 0 Å². The van der Waals surface area contributed by atoms with E-state index in [1.54, 1.807) is 0 Å². The van der Waals surface area contributed by atoms with Crippen molar-refractivity contribution in [2.24, 2.45) is 11.3 Å². The summed E-state index contributed by atoms with van der Waals surface area (Å²) >= 11 is 0. The maximum absolute atomic E-state index is 9.03. The van der Waals surface area contributed by atoms with E-state index in [-0.39, 0.29) is 12.6 Å². The molecule has 0 amide bonds. The minimum absolute atomic E-state index is 0.230. The molecule has 0 radical (unpaired) electrons. The van der Waals surface area contributed by atoms with E-state index in [0.717, 1.165) is 6.54 Å². The lowest BCUT2D eigenvalue weighted by atomic mass is 9.95. The monoisotopic (exact) mass is 173 g/mol. The maximum Gasteiger partial charge on any atom is 0.0587 e. The van der Waals surface area contributed by atoms with Crippen LogP contribution in [-0.2, 0) is 0 Å². The van der Waals surface area contributed by atoms with Gasteiger partial charge in [-0.1, -0.05) is 34.6 Å². The zero-order valence-corrected chi connectivity index (χ0v) is 9.02. The molecule has 0 bridgehead atoms. The highest BCUT2D eigenvalue weighted by Gasteiger charge is 2.15. The number of hydrogen-bond donors (Lipinski definition) is 2. The summed E-state index contributed by atoms with van der Waals surface area (Å²) in [7, 11) is 0. The molecular formula is C10H23NO. The van der Waals surface area contributed by atoms with Crippen molar-refractivity contribution in [2.45, 2.75) is 40.7 Å². The van der Waals surface area contributed by atoms with E-state index in [1.807, 2.05) is 0 Å². The van der Waals surface area contributed by atoms with Gasteiger partial charge in [-0.2, -0.15) is 0 Å². The highest BCUT2D eigenvalue weighted by Crippen LogP contribution is 2.12. The lowest BCUT2D eigenvalue weighted by Gasteiger charge is -2.25. The molecule has 0 heterocycles. The molecule has 0 aromatic rings. The molecule has 2 heteroatoms. The van der Waals surface area contributed by atoms with Crippen molar-refractivity contribution in [2.75, 3.05) is 13.2 Å². The van der Waals surface area contributed by atoms with Crippen molar-refractivity contribution in [3.63, 3.8) is 0 Å². The fourth-order valence-corrected chi connectivity index (χ4v) is 0.948. The molecule has 2 N–H and O–H groups in total. The molecule has 2 nitrogen and oxygen atoms in total. The first-order chi connectivity index (χ1) is 5.37. The Morgan fingerprint density at radius 3 is 2.00 bits per heavy atom. The first-order valence-electron chi connectivity index (χ1n) is 4.71. The molecule has 1 atom stereocenters. The van der Waals surface area contributed by atoms with Crippen LogP contribution in [0.2, 0.25) is 0 Å². The molecule has 0 aromatic heterocycles. The highest BCUT2D eigenvalue weighted by molar-refractivity contribution is 4.73. The van der Waals surface area contributed by atoms with Gasteiger partial charge in [0.1, 0.15) is 0 Å². The Kier molecular flexibility index (Phi) is 4.80. The minimum atomic E-state index is 0.230. The van der Waals surface area contributed by atoms with Gasteiger partial charge in [-0.05, 0) is 11.3 Å². The molecule has 0 aliphatic heterocycles. The normalized spacial score (nSPS) is 15.2. The average Bonchev–Trinajstić information content (AvgIpc) is 1.85. The Hall–Kier alpha value is -0.0800. The van der Waals surface area contributed by atoms with E-state index in [2.05, 4.69) is 39.9 Å². The van der Waals surface area contributed by atoms with Crippen LogP contribution in [0, 0.1) is 11.3 Å². The van der Waals surface area contributed by atoms with Gasteiger partial charge in [0.2, 0.25) is 0 Å². The average molecular weight is 173 g/mol. The lowest BCUT2D eigenvalue weighted by Crippen LogP contribution is -2.41. The zero-order chi connectivity index (χ0) is 9.78. The van der Waals surface area contributed by atoms with Crippen molar-refractivity contribution in [3.05, 3.63) is 0 Å². The molecule has 0 aliphatic carbocycles. The Labute approximate surface area is 76.4 Å². The van der Waals surface area contributed by atoms with Gasteiger partial charge in [0.05, 0.1) is 6.61 Å². The molecule has 0 rings (SSSR count). The third kappa shape index (κ3) is 5.56. The van der Waals surface area contributed by atoms with Gasteiger partial charge in [0.25, 0.3) is 0 Å². The Morgan fingerprint density at radius 1 is 1.25 bits per heavy atom. The molecule has 12 heavy (non-hydrogen) atoms. The molecule has 1 unspecified atom stereocenters. The number of aliphatic hydroxyl groups excluding tert-OH is 1. The number of nitrogens with one attached hydrogen (secondary N) is 1. The first kappa shape index (κ1) is 11.9. The van der Waals surface area contributed by atoms with Crippen LogP contribution in [0.1, 0.15) is 34.6 Å². The summed E-state index contributed by atoms with van der Waals surface area (Å²) < 4.78 is 0. The molecule has 0 aromatic carbocycles. The van der Waals surface area contributed by atoms with Crippen LogP contribution in [0.4, 0.5) is 0 Å². The van der Waals surface area contributed by atoms with Crippen molar-refractivity contribution < 1.29 is 5.11 Å². The van der Waals surface area contributed by atoms with E-state index < -0.39 is 0 Å². The van der Waals surface area contributed by atoms with Gasteiger partial charge < -0.3 is 10.4 Å². The molecule has 0 saturated carbocycles. The first-order valence-corrected chi connectivity index (χ1v) is 4.71. The van der Waals surface area contributed by atoms with E-state index in [0.29, 0.717) is 11.3 Å². The highest BCUT2D eigenvalue weighted by atomic mass is 16.3. The van der Waals surface area contributed by atoms with E-state index >= 15 is 0 Å². The summed E-state index contributed by atoms with van der Waals surface area (Å²) in [5.41, 5.74) is 0.294. The fraction of sp³-hybridized carbons (Fsp3) is 1.00. The van der Waals surface area contributed by atoms with Crippen LogP contribution in [0.15, 0.2) is 0 Å². The number of rotatable bonds is 4. The van der Waals surface area contributed by atoms with Crippen LogP contribution in [0.3, 0.4) is 0 Å². The van der Waals surface area contributed by atoms with E-state index in [4.69, 9.17) is 5.11 Å². The second-order valence-electron chi connectivity index (χ2n) is 4.97. The number of aliphatic hydroxyl groups is 1. The molecule has 0 fully saturated rings. The van der Waals surface area contributed by atoms with Crippen molar-refractivity contribution in [1.29, 1.82) is 0 Å². The lowest BCUT2D eigenvalue weighted by molar-refractivity contribution is 0.197. The van der Waals surface area contributed by atoms with Crippen molar-refractivity contribution in [3.8, 4) is 0 Å². The molecule has 0 spiro atoms. The van der Waals surface area contributed by atoms with E-state index in [1.165, 1.54) is 0 Å². The molecule has 0 saturated heterocycles. The number of hydrogen-bond acceptors (Lipinski definition) is 2. The molecule has 0 aliphatic rings. The topological polar surface area (TPSA) is 32.3 Å². The Balaban J connectivity index is 3.73. The second-order valence-corrected chi connectivity index (χ2v) is 4.97. The third-order valence-corrected chi connectivity index (χ3v) is 1.90. The van der Waals surface area contributed by atoms with Gasteiger partial charge in [0, 0.05) is 12.6 Å². The van der Waals surface area contributed by atoms with Crippen molar-refractivity contribution in [1.82, 2.24) is 5.32 Å². The van der Waals surface area contributed by atoms with Gasteiger partial charge in [-0.15, -0.1) is 0 Å². The largest absolute Gasteiger partial charge is 0.395 e. The predicted octanol–water partition coefficient (Wildman–Crippen LogP) is 1.64. The second kappa shape index (κ2) is 4.83. The summed E-state index contributed by atoms with van der Waals surface area (Å²) in [5.74, 6) is 0.498. The minimum Gasteiger partial charge on any atom is -0.395 e. The summed E-state index contributed by atoms with van der Waals surface area (Å²) in [4.78, 5) is 0. The van der Waals surface area contributed by atoms with Crippen LogP contribution in [0.5, 0.6) is 0 Å². The third-order valence-electron chi connectivity index (χ3n) is 1.90. The van der Waals surface area contributed by atoms with Crippen LogP contribution in [-0.4, -0.2) is 24.3 Å². The van der Waals surface area contributed by atoms with Crippen LogP contribution in [0.25, 0.3) is 0 Å². The standard InChI is InChI=1S/C10H23NO/c1-8(2)9(6-12)11-7-10(3,4)5/h8-9,11-12H,6-7H2,1-5H3. The van der Waals surface area contributed by atoms with Crippen molar-refractivity contribution >= 4 is 0 Å². The molecule has 74 valence electrons.